The highest BCUT2D eigenvalue weighted by Gasteiger charge is 1.94. The van der Waals surface area contributed by atoms with Gasteiger partial charge in [-0.05, 0) is 12.1 Å². The van der Waals surface area contributed by atoms with Crippen LogP contribution < -0.4 is 4.74 Å². The maximum atomic E-state index is 8.46. The third-order valence-electron chi connectivity index (χ3n) is 1.29. The number of aliphatic hydroxyl groups is 1. The lowest BCUT2D eigenvalue weighted by molar-refractivity contribution is 0.201. The molecule has 4 heteroatoms. The summed E-state index contributed by atoms with van der Waals surface area (Å²) in [7, 11) is 0. The first-order chi connectivity index (χ1) is 5.86. The van der Waals surface area contributed by atoms with Crippen LogP contribution in [-0.4, -0.2) is 23.3 Å². The van der Waals surface area contributed by atoms with Gasteiger partial charge in [0.1, 0.15) is 12.4 Å². The molecule has 0 atom stereocenters. The molecular formula is C8H10ClNO2. The first kappa shape index (κ1) is 9.29. The molecule has 0 aliphatic rings. The Morgan fingerprint density at radius 3 is 2.83 bits per heavy atom. The van der Waals surface area contributed by atoms with Gasteiger partial charge in [-0.1, -0.05) is 0 Å². The van der Waals surface area contributed by atoms with Crippen molar-refractivity contribution < 1.29 is 9.84 Å². The van der Waals surface area contributed by atoms with Crippen molar-refractivity contribution in [2.75, 3.05) is 13.2 Å². The van der Waals surface area contributed by atoms with Crippen LogP contribution in [0.3, 0.4) is 0 Å². The second-order valence-corrected chi connectivity index (χ2v) is 2.46. The zero-order valence-electron chi connectivity index (χ0n) is 6.53. The summed E-state index contributed by atoms with van der Waals surface area (Å²) in [5, 5.41) is 8.46. The van der Waals surface area contributed by atoms with E-state index in [-0.39, 0.29) is 6.61 Å². The Hall–Kier alpha value is -0.800. The maximum Gasteiger partial charge on any atom is 0.137 e. The van der Waals surface area contributed by atoms with Gasteiger partial charge in [0.15, 0.2) is 0 Å². The Balaban J connectivity index is 2.53. The number of ether oxygens (including phenoxy) is 1. The highest BCUT2D eigenvalue weighted by Crippen LogP contribution is 2.09. The number of nitrogens with zero attached hydrogens (tertiary/aromatic N) is 1. The van der Waals surface area contributed by atoms with Crippen LogP contribution in [0.1, 0.15) is 5.69 Å². The molecule has 0 unspecified atom stereocenters. The molecule has 0 aromatic carbocycles. The second-order valence-electron chi connectivity index (χ2n) is 2.19. The zero-order chi connectivity index (χ0) is 8.81. The Morgan fingerprint density at radius 1 is 1.50 bits per heavy atom. The van der Waals surface area contributed by atoms with Crippen molar-refractivity contribution in [2.45, 2.75) is 5.88 Å². The fraction of sp³-hybridized carbons (Fsp3) is 0.375. The maximum absolute atomic E-state index is 8.46. The summed E-state index contributed by atoms with van der Waals surface area (Å²) in [5.41, 5.74) is 0.813. The Labute approximate surface area is 76.0 Å². The number of alkyl halides is 1. The summed E-state index contributed by atoms with van der Waals surface area (Å²) in [5.74, 6) is 1.05. The topological polar surface area (TPSA) is 42.4 Å². The number of hydrogen-bond donors (Lipinski definition) is 1. The van der Waals surface area contributed by atoms with E-state index < -0.39 is 0 Å². The van der Waals surface area contributed by atoms with Gasteiger partial charge in [-0.2, -0.15) is 0 Å². The molecule has 1 aromatic rings. The van der Waals surface area contributed by atoms with Crippen molar-refractivity contribution >= 4 is 11.6 Å². The quantitative estimate of drug-likeness (QED) is 0.721. The van der Waals surface area contributed by atoms with Crippen LogP contribution in [0.4, 0.5) is 0 Å². The molecule has 3 nitrogen and oxygen atoms in total. The molecule has 1 aromatic heterocycles. The van der Waals surface area contributed by atoms with Gasteiger partial charge in [0, 0.05) is 0 Å². The van der Waals surface area contributed by atoms with Crippen LogP contribution in [0.25, 0.3) is 0 Å². The van der Waals surface area contributed by atoms with Gasteiger partial charge in [-0.25, -0.2) is 0 Å². The Morgan fingerprint density at radius 2 is 2.33 bits per heavy atom. The average Bonchev–Trinajstić information content (AvgIpc) is 2.15. The van der Waals surface area contributed by atoms with E-state index in [4.69, 9.17) is 21.4 Å². The van der Waals surface area contributed by atoms with E-state index in [0.29, 0.717) is 18.2 Å². The molecule has 0 spiro atoms. The largest absolute Gasteiger partial charge is 0.490 e. The number of halogens is 1. The molecule has 1 N–H and O–H groups in total. The highest BCUT2D eigenvalue weighted by molar-refractivity contribution is 6.16. The molecular weight excluding hydrogens is 178 g/mol. The number of hydrogen-bond acceptors (Lipinski definition) is 3. The Bertz CT molecular complexity index is 225. The number of aromatic nitrogens is 1. The van der Waals surface area contributed by atoms with E-state index in [2.05, 4.69) is 4.98 Å². The van der Waals surface area contributed by atoms with E-state index in [1.165, 1.54) is 0 Å². The van der Waals surface area contributed by atoms with E-state index in [1.807, 2.05) is 0 Å². The van der Waals surface area contributed by atoms with E-state index in [1.54, 1.807) is 18.3 Å². The highest BCUT2D eigenvalue weighted by atomic mass is 35.5. The van der Waals surface area contributed by atoms with Crippen molar-refractivity contribution in [3.8, 4) is 5.75 Å². The van der Waals surface area contributed by atoms with Crippen molar-refractivity contribution in [1.29, 1.82) is 0 Å². The predicted molar refractivity (Wildman–Crippen MR) is 46.4 cm³/mol. The molecule has 0 aliphatic heterocycles. The molecule has 1 rings (SSSR count). The van der Waals surface area contributed by atoms with E-state index in [0.717, 1.165) is 5.69 Å². The number of rotatable bonds is 4. The molecule has 12 heavy (non-hydrogen) atoms. The first-order valence-electron chi connectivity index (χ1n) is 3.61. The number of pyridine rings is 1. The van der Waals surface area contributed by atoms with Gasteiger partial charge in [-0.3, -0.25) is 4.98 Å². The SMILES string of the molecule is OCCOc1ccc(CCl)nc1. The van der Waals surface area contributed by atoms with Crippen LogP contribution in [-0.2, 0) is 5.88 Å². The minimum Gasteiger partial charge on any atom is -0.490 e. The summed E-state index contributed by atoms with van der Waals surface area (Å²) in [4.78, 5) is 4.01. The number of aliphatic hydroxyl groups excluding tert-OH is 1. The smallest absolute Gasteiger partial charge is 0.137 e. The van der Waals surface area contributed by atoms with Crippen LogP contribution in [0.2, 0.25) is 0 Å². The normalized spacial score (nSPS) is 9.83. The fourth-order valence-electron chi connectivity index (χ4n) is 0.739. The molecule has 0 radical (unpaired) electrons. The van der Waals surface area contributed by atoms with Crippen molar-refractivity contribution in [3.05, 3.63) is 24.0 Å². The predicted octanol–water partition coefficient (Wildman–Crippen LogP) is 1.19. The van der Waals surface area contributed by atoms with Crippen LogP contribution >= 0.6 is 11.6 Å². The van der Waals surface area contributed by atoms with Gasteiger partial charge < -0.3 is 9.84 Å². The van der Waals surface area contributed by atoms with Crippen LogP contribution in [0.5, 0.6) is 5.75 Å². The molecule has 0 bridgehead atoms. The minimum absolute atomic E-state index is 0.0112. The van der Waals surface area contributed by atoms with Gasteiger partial charge >= 0.3 is 0 Å². The summed E-state index contributed by atoms with van der Waals surface area (Å²) in [6.07, 6.45) is 1.59. The molecule has 0 saturated heterocycles. The lowest BCUT2D eigenvalue weighted by Crippen LogP contribution is -2.01. The van der Waals surface area contributed by atoms with Gasteiger partial charge in [-0.15, -0.1) is 11.6 Å². The molecule has 0 saturated carbocycles. The summed E-state index contributed by atoms with van der Waals surface area (Å²) in [6.45, 7) is 0.305. The second kappa shape index (κ2) is 4.95. The summed E-state index contributed by atoms with van der Waals surface area (Å²) < 4.78 is 5.10. The van der Waals surface area contributed by atoms with E-state index in [9.17, 15) is 0 Å². The van der Waals surface area contributed by atoms with E-state index >= 15 is 0 Å². The molecule has 0 amide bonds. The average molecular weight is 188 g/mol. The minimum atomic E-state index is 0.0112. The molecule has 0 fully saturated rings. The Kier molecular flexibility index (Phi) is 3.84. The van der Waals surface area contributed by atoms with Crippen molar-refractivity contribution in [3.63, 3.8) is 0 Å². The van der Waals surface area contributed by atoms with Gasteiger partial charge in [0.25, 0.3) is 0 Å². The summed E-state index contributed by atoms with van der Waals surface area (Å²) in [6, 6.07) is 3.57. The third kappa shape index (κ3) is 2.68. The van der Waals surface area contributed by atoms with Crippen LogP contribution in [0.15, 0.2) is 18.3 Å². The van der Waals surface area contributed by atoms with Gasteiger partial charge in [0.2, 0.25) is 0 Å². The lowest BCUT2D eigenvalue weighted by Gasteiger charge is -2.02. The monoisotopic (exact) mass is 187 g/mol. The fourth-order valence-corrected chi connectivity index (χ4v) is 0.897. The lowest BCUT2D eigenvalue weighted by atomic mass is 10.4. The standard InChI is InChI=1S/C8H10ClNO2/c9-5-7-1-2-8(6-10-7)12-4-3-11/h1-2,6,11H,3-5H2. The molecule has 1 heterocycles. The molecule has 66 valence electrons. The van der Waals surface area contributed by atoms with Crippen molar-refractivity contribution in [2.24, 2.45) is 0 Å². The zero-order valence-corrected chi connectivity index (χ0v) is 7.29. The molecule has 0 aliphatic carbocycles. The van der Waals surface area contributed by atoms with Crippen LogP contribution in [0, 0.1) is 0 Å². The summed E-state index contributed by atoms with van der Waals surface area (Å²) >= 11 is 5.54. The van der Waals surface area contributed by atoms with Crippen molar-refractivity contribution in [1.82, 2.24) is 4.98 Å². The first-order valence-corrected chi connectivity index (χ1v) is 4.15. The third-order valence-corrected chi connectivity index (χ3v) is 1.57. The van der Waals surface area contributed by atoms with Gasteiger partial charge in [0.05, 0.1) is 24.4 Å².